The van der Waals surface area contributed by atoms with Gasteiger partial charge in [-0.1, -0.05) is 29.3 Å². The van der Waals surface area contributed by atoms with E-state index < -0.39 is 0 Å². The number of aromatic nitrogens is 1. The Morgan fingerprint density at radius 2 is 2.06 bits per heavy atom. The van der Waals surface area contributed by atoms with Crippen LogP contribution in [0, 0.1) is 0 Å². The van der Waals surface area contributed by atoms with Gasteiger partial charge in [-0.3, -0.25) is 0 Å². The van der Waals surface area contributed by atoms with Crippen molar-refractivity contribution in [3.8, 4) is 0 Å². The largest absolute Gasteiger partial charge is 0.383 e. The first kappa shape index (κ1) is 13.3. The molecule has 0 bridgehead atoms. The molecule has 2 nitrogen and oxygen atoms in total. The standard InChI is InChI=1S/C12H13BrN2.ClH/c1-2-3-8-6-9-7-10(13)4-5-11(9)15-12(8)14;/h4-7H,2-3H2,1H3,(H2,14,15);1H. The predicted octanol–water partition coefficient (Wildman–Crippen LogP) is 3.95. The van der Waals surface area contributed by atoms with Gasteiger partial charge in [0.1, 0.15) is 5.82 Å². The molecule has 0 aliphatic carbocycles. The molecule has 0 atom stereocenters. The van der Waals surface area contributed by atoms with Crippen LogP contribution in [0.1, 0.15) is 18.9 Å². The van der Waals surface area contributed by atoms with Crippen molar-refractivity contribution in [2.45, 2.75) is 19.8 Å². The molecule has 0 amide bonds. The Balaban J connectivity index is 0.00000128. The number of nitrogens with two attached hydrogens (primary N) is 1. The number of rotatable bonds is 2. The Morgan fingerprint density at radius 3 is 2.75 bits per heavy atom. The fourth-order valence-corrected chi connectivity index (χ4v) is 2.05. The number of hydrogen-bond donors (Lipinski definition) is 1. The van der Waals surface area contributed by atoms with Crippen LogP contribution < -0.4 is 5.73 Å². The molecular weight excluding hydrogens is 288 g/mol. The zero-order valence-electron chi connectivity index (χ0n) is 9.03. The summed E-state index contributed by atoms with van der Waals surface area (Å²) in [7, 11) is 0. The first-order valence-corrected chi connectivity index (χ1v) is 5.84. The third kappa shape index (κ3) is 2.66. The van der Waals surface area contributed by atoms with Crippen molar-refractivity contribution in [3.63, 3.8) is 0 Å². The molecule has 0 radical (unpaired) electrons. The van der Waals surface area contributed by atoms with Crippen LogP contribution in [0.15, 0.2) is 28.7 Å². The Kier molecular flexibility index (Phi) is 4.56. The van der Waals surface area contributed by atoms with Gasteiger partial charge in [-0.15, -0.1) is 12.4 Å². The Hall–Kier alpha value is -0.800. The molecule has 86 valence electrons. The van der Waals surface area contributed by atoms with Crippen LogP contribution in [0.3, 0.4) is 0 Å². The summed E-state index contributed by atoms with van der Waals surface area (Å²) in [6.07, 6.45) is 2.08. The maximum atomic E-state index is 5.89. The van der Waals surface area contributed by atoms with E-state index in [1.165, 1.54) is 0 Å². The maximum Gasteiger partial charge on any atom is 0.127 e. The second-order valence-corrected chi connectivity index (χ2v) is 4.54. The monoisotopic (exact) mass is 300 g/mol. The Morgan fingerprint density at radius 1 is 1.31 bits per heavy atom. The number of benzene rings is 1. The van der Waals surface area contributed by atoms with Crippen LogP contribution in [0.4, 0.5) is 5.82 Å². The Bertz CT molecular complexity index is 500. The second kappa shape index (κ2) is 5.51. The molecule has 0 spiro atoms. The van der Waals surface area contributed by atoms with Crippen LogP contribution in [0.2, 0.25) is 0 Å². The van der Waals surface area contributed by atoms with Gasteiger partial charge in [0, 0.05) is 9.86 Å². The summed E-state index contributed by atoms with van der Waals surface area (Å²) < 4.78 is 1.07. The van der Waals surface area contributed by atoms with E-state index in [0.717, 1.165) is 33.8 Å². The van der Waals surface area contributed by atoms with Gasteiger partial charge in [0.05, 0.1) is 5.52 Å². The number of nitrogens with zero attached hydrogens (tertiary/aromatic N) is 1. The highest BCUT2D eigenvalue weighted by Crippen LogP contribution is 2.22. The third-order valence-electron chi connectivity index (χ3n) is 2.41. The summed E-state index contributed by atoms with van der Waals surface area (Å²) >= 11 is 3.46. The van der Waals surface area contributed by atoms with Gasteiger partial charge in [0.2, 0.25) is 0 Å². The van der Waals surface area contributed by atoms with Gasteiger partial charge < -0.3 is 5.73 Å². The molecule has 2 rings (SSSR count). The smallest absolute Gasteiger partial charge is 0.127 e. The van der Waals surface area contributed by atoms with E-state index in [-0.39, 0.29) is 12.4 Å². The summed E-state index contributed by atoms with van der Waals surface area (Å²) in [4.78, 5) is 4.39. The molecule has 0 saturated carbocycles. The molecule has 0 saturated heterocycles. The number of pyridine rings is 1. The quantitative estimate of drug-likeness (QED) is 0.912. The van der Waals surface area contributed by atoms with E-state index in [2.05, 4.69) is 40.0 Å². The fraction of sp³-hybridized carbons (Fsp3) is 0.250. The number of halogens is 2. The Labute approximate surface area is 110 Å². The van der Waals surface area contributed by atoms with Gasteiger partial charge in [-0.2, -0.15) is 0 Å². The molecule has 2 aromatic rings. The number of nitrogen functional groups attached to an aromatic ring is 1. The molecule has 0 unspecified atom stereocenters. The molecule has 0 aliphatic rings. The van der Waals surface area contributed by atoms with Gasteiger partial charge in [0.15, 0.2) is 0 Å². The van der Waals surface area contributed by atoms with Gasteiger partial charge in [-0.25, -0.2) is 4.98 Å². The van der Waals surface area contributed by atoms with Crippen LogP contribution in [-0.2, 0) is 6.42 Å². The summed E-state index contributed by atoms with van der Waals surface area (Å²) in [6.45, 7) is 2.14. The van der Waals surface area contributed by atoms with E-state index in [1.54, 1.807) is 0 Å². The minimum atomic E-state index is 0. The molecule has 0 fully saturated rings. The molecule has 16 heavy (non-hydrogen) atoms. The molecule has 1 aromatic carbocycles. The highest BCUT2D eigenvalue weighted by atomic mass is 79.9. The van der Waals surface area contributed by atoms with Gasteiger partial charge in [-0.05, 0) is 36.2 Å². The van der Waals surface area contributed by atoms with Crippen LogP contribution in [0.5, 0.6) is 0 Å². The molecule has 2 N–H and O–H groups in total. The van der Waals surface area contributed by atoms with E-state index in [4.69, 9.17) is 5.73 Å². The first-order chi connectivity index (χ1) is 7.20. The van der Waals surface area contributed by atoms with Gasteiger partial charge in [0.25, 0.3) is 0 Å². The fourth-order valence-electron chi connectivity index (χ4n) is 1.68. The van der Waals surface area contributed by atoms with E-state index in [9.17, 15) is 0 Å². The van der Waals surface area contributed by atoms with Crippen molar-refractivity contribution in [3.05, 3.63) is 34.3 Å². The van der Waals surface area contributed by atoms with Crippen LogP contribution in [0.25, 0.3) is 10.9 Å². The van der Waals surface area contributed by atoms with Crippen molar-refractivity contribution in [2.75, 3.05) is 5.73 Å². The zero-order valence-corrected chi connectivity index (χ0v) is 11.4. The van der Waals surface area contributed by atoms with Crippen molar-refractivity contribution in [1.29, 1.82) is 0 Å². The second-order valence-electron chi connectivity index (χ2n) is 3.62. The molecule has 1 aromatic heterocycles. The lowest BCUT2D eigenvalue weighted by molar-refractivity contribution is 0.921. The number of anilines is 1. The number of aryl methyl sites for hydroxylation is 1. The minimum Gasteiger partial charge on any atom is -0.383 e. The average molecular weight is 302 g/mol. The predicted molar refractivity (Wildman–Crippen MR) is 75.1 cm³/mol. The zero-order chi connectivity index (χ0) is 10.8. The molecule has 1 heterocycles. The van der Waals surface area contributed by atoms with E-state index >= 15 is 0 Å². The lowest BCUT2D eigenvalue weighted by atomic mass is 10.1. The summed E-state index contributed by atoms with van der Waals surface area (Å²) in [5, 5.41) is 1.14. The third-order valence-corrected chi connectivity index (χ3v) is 2.90. The summed E-state index contributed by atoms with van der Waals surface area (Å²) in [5.74, 6) is 0.659. The lowest BCUT2D eigenvalue weighted by Gasteiger charge is -2.06. The van der Waals surface area contributed by atoms with Crippen LogP contribution >= 0.6 is 28.3 Å². The molecule has 0 aliphatic heterocycles. The summed E-state index contributed by atoms with van der Waals surface area (Å²) in [6, 6.07) is 8.16. The average Bonchev–Trinajstić information content (AvgIpc) is 2.20. The topological polar surface area (TPSA) is 38.9 Å². The lowest BCUT2D eigenvalue weighted by Crippen LogP contribution is -1.98. The number of fused-ring (bicyclic) bond motifs is 1. The highest BCUT2D eigenvalue weighted by Gasteiger charge is 2.03. The van der Waals surface area contributed by atoms with Crippen molar-refractivity contribution in [2.24, 2.45) is 0 Å². The highest BCUT2D eigenvalue weighted by molar-refractivity contribution is 9.10. The van der Waals surface area contributed by atoms with Crippen molar-refractivity contribution >= 4 is 45.1 Å². The molecular formula is C12H14BrClN2. The van der Waals surface area contributed by atoms with E-state index in [1.807, 2.05) is 12.1 Å². The summed E-state index contributed by atoms with van der Waals surface area (Å²) in [5.41, 5.74) is 7.98. The van der Waals surface area contributed by atoms with Gasteiger partial charge >= 0.3 is 0 Å². The minimum absolute atomic E-state index is 0. The maximum absolute atomic E-state index is 5.89. The first-order valence-electron chi connectivity index (χ1n) is 5.05. The van der Waals surface area contributed by atoms with E-state index in [0.29, 0.717) is 5.82 Å². The van der Waals surface area contributed by atoms with Crippen LogP contribution in [-0.4, -0.2) is 4.98 Å². The van der Waals surface area contributed by atoms with Crippen molar-refractivity contribution in [1.82, 2.24) is 4.98 Å². The van der Waals surface area contributed by atoms with Crippen molar-refractivity contribution < 1.29 is 0 Å². The normalized spacial score (nSPS) is 10.1. The number of hydrogen-bond acceptors (Lipinski definition) is 2. The molecule has 4 heteroatoms. The SMILES string of the molecule is CCCc1cc2cc(Br)ccc2nc1N.Cl.